The number of hydrogen-bond donors (Lipinski definition) is 10. The van der Waals surface area contributed by atoms with Gasteiger partial charge in [-0.05, 0) is 60.7 Å². The number of rotatable bonds is 14. The van der Waals surface area contributed by atoms with Crippen molar-refractivity contribution in [1.29, 1.82) is 0 Å². The number of carboxylic acid groups (broad SMARTS) is 1. The molecule has 11 N–H and O–H groups in total. The summed E-state index contributed by atoms with van der Waals surface area (Å²) in [6, 6.07) is 5.46. The van der Waals surface area contributed by atoms with Crippen molar-refractivity contribution in [3.8, 4) is 11.5 Å². The quantitative estimate of drug-likeness (QED) is 0.0217. The predicted octanol–water partition coefficient (Wildman–Crippen LogP) is 5.32. The van der Waals surface area contributed by atoms with Gasteiger partial charge in [0.1, 0.15) is 52.9 Å². The molecule has 0 spiro atoms. The third-order valence-electron chi connectivity index (χ3n) is 9.29. The third kappa shape index (κ3) is 10.6. The summed E-state index contributed by atoms with van der Waals surface area (Å²) in [6.07, 6.45) is 0. The molecule has 0 heterocycles. The second-order valence-electron chi connectivity index (χ2n) is 13.7. The first kappa shape index (κ1) is 52.7. The first-order valence-electron chi connectivity index (χ1n) is 17.6. The molecular weight excluding hydrogens is 1080 g/mol. The van der Waals surface area contributed by atoms with Gasteiger partial charge in [0.2, 0.25) is 0 Å². The van der Waals surface area contributed by atoms with Crippen molar-refractivity contribution in [2.45, 2.75) is 29.4 Å². The Kier molecular flexibility index (Phi) is 13.3. The molecule has 71 heavy (non-hydrogen) atoms. The van der Waals surface area contributed by atoms with E-state index >= 15 is 0 Å². The Bertz CT molecular complexity index is 4200. The first-order chi connectivity index (χ1) is 32.4. The van der Waals surface area contributed by atoms with E-state index in [-0.39, 0.29) is 12.1 Å². The minimum absolute atomic E-state index is 0.256. The molecule has 6 rings (SSSR count). The molecule has 0 atom stereocenters. The van der Waals surface area contributed by atoms with Crippen LogP contribution < -0.4 is 5.73 Å². The largest absolute Gasteiger partial charge is 0.505 e. The number of hydrogen-bond acceptors (Lipinski definition) is 24. The molecule has 0 saturated carbocycles. The number of fused-ring (bicyclic) bond motifs is 2. The van der Waals surface area contributed by atoms with Gasteiger partial charge in [0.25, 0.3) is 66.4 Å². The van der Waals surface area contributed by atoms with Crippen molar-refractivity contribution in [3.05, 3.63) is 82.4 Å². The number of nitrogens with zero attached hydrogens (tertiary/aromatic N) is 7. The molecule has 0 bridgehead atoms. The van der Waals surface area contributed by atoms with E-state index in [1.807, 2.05) is 0 Å². The molecular formula is C33H22N8O24S6. The maximum atomic E-state index is 12.9. The van der Waals surface area contributed by atoms with Gasteiger partial charge in [0.15, 0.2) is 17.2 Å². The summed E-state index contributed by atoms with van der Waals surface area (Å²) < 4.78 is 207. The van der Waals surface area contributed by atoms with E-state index in [4.69, 9.17) is 5.73 Å². The standard InChI is InChI=1S/C33H22N8O24S6/c34-27-21(11-23(68(54,55)56)17-10-25(70(60,61)62)29(31(43)26(17)27)40-36-19-5-2-13(67(51,52)53)8-22(19)41(46)47)38-37-20-6-3-14-15(32(20)71(63,64)65)9-24(69(57,58)59)28(30(14)42)39-35-18-4-1-12(66(48,49)50)7-16(18)33(44)45/h1-11,42-43H,34H2,(H,44,45)(H,48,49,50)(H,51,52,53)(H,54,55,56)(H,57,58,59)(H,60,61,62)(H,63,64,65). The van der Waals surface area contributed by atoms with Crippen molar-refractivity contribution >= 4 is 134 Å². The highest BCUT2D eigenvalue weighted by Gasteiger charge is 2.31. The van der Waals surface area contributed by atoms with Crippen molar-refractivity contribution in [1.82, 2.24) is 0 Å². The van der Waals surface area contributed by atoms with Crippen molar-refractivity contribution < 1.29 is 103 Å². The number of aromatic carboxylic acids is 1. The van der Waals surface area contributed by atoms with E-state index in [0.717, 1.165) is 6.07 Å². The Morgan fingerprint density at radius 3 is 1.44 bits per heavy atom. The van der Waals surface area contributed by atoms with Gasteiger partial charge in [-0.25, -0.2) is 4.79 Å². The van der Waals surface area contributed by atoms with Gasteiger partial charge < -0.3 is 21.1 Å². The molecule has 0 fully saturated rings. The van der Waals surface area contributed by atoms with Crippen LogP contribution in [0.5, 0.6) is 11.5 Å². The Morgan fingerprint density at radius 1 is 0.493 bits per heavy atom. The smallest absolute Gasteiger partial charge is 0.338 e. The summed E-state index contributed by atoms with van der Waals surface area (Å²) in [6.45, 7) is 0. The molecule has 0 saturated heterocycles. The highest BCUT2D eigenvalue weighted by Crippen LogP contribution is 2.50. The summed E-state index contributed by atoms with van der Waals surface area (Å²) in [5.41, 5.74) is -3.22. The SMILES string of the molecule is Nc1c(N=Nc2ccc3c(O)c(N=Nc4ccc(S(=O)(=O)O)cc4C(=O)O)c(S(=O)(=O)O)cc3c2S(=O)(=O)O)cc(S(=O)(=O)O)c2cc(S(=O)(=O)O)c(N=Nc3ccc(S(=O)(=O)O)cc3[N+](=O)[O-])c(O)c12. The van der Waals surface area contributed by atoms with Crippen LogP contribution in [0.3, 0.4) is 0 Å². The van der Waals surface area contributed by atoms with E-state index in [1.54, 1.807) is 0 Å². The summed E-state index contributed by atoms with van der Waals surface area (Å²) in [5, 5.41) is 60.9. The molecule has 0 aliphatic heterocycles. The number of carbonyl (C=O) groups is 1. The monoisotopic (exact) mass is 1110 g/mol. The van der Waals surface area contributed by atoms with Gasteiger partial charge in [-0.1, -0.05) is 0 Å². The summed E-state index contributed by atoms with van der Waals surface area (Å²) in [7, 11) is -32.7. The van der Waals surface area contributed by atoms with Crippen molar-refractivity contribution in [3.63, 3.8) is 0 Å². The van der Waals surface area contributed by atoms with Crippen LogP contribution >= 0.6 is 0 Å². The lowest BCUT2D eigenvalue weighted by Gasteiger charge is -2.14. The van der Waals surface area contributed by atoms with Gasteiger partial charge in [-0.15, -0.1) is 30.7 Å². The lowest BCUT2D eigenvalue weighted by atomic mass is 10.0. The Balaban J connectivity index is 1.59. The summed E-state index contributed by atoms with van der Waals surface area (Å²) in [4.78, 5) is 14.5. The number of nitro benzene ring substituents is 1. The predicted molar refractivity (Wildman–Crippen MR) is 234 cm³/mol. The molecule has 0 unspecified atom stereocenters. The van der Waals surface area contributed by atoms with Crippen LogP contribution in [-0.4, -0.2) is 104 Å². The van der Waals surface area contributed by atoms with Crippen LogP contribution in [-0.2, 0) is 60.7 Å². The number of azo groups is 3. The highest BCUT2D eigenvalue weighted by molar-refractivity contribution is 7.87. The Labute approximate surface area is 394 Å². The number of nitro groups is 1. The maximum absolute atomic E-state index is 12.9. The number of nitrogens with two attached hydrogens (primary N) is 1. The average molecular weight is 1110 g/mol. The average Bonchev–Trinajstić information content (AvgIpc) is 3.22. The van der Waals surface area contributed by atoms with Gasteiger partial charge in [0.05, 0.1) is 26.5 Å². The highest BCUT2D eigenvalue weighted by atomic mass is 32.2. The molecule has 0 aliphatic rings. The zero-order valence-corrected chi connectivity index (χ0v) is 38.6. The third-order valence-corrected chi connectivity index (χ3v) is 14.6. The molecule has 0 radical (unpaired) electrons. The van der Waals surface area contributed by atoms with E-state index in [1.165, 1.54) is 0 Å². The van der Waals surface area contributed by atoms with Gasteiger partial charge in [-0.2, -0.15) is 50.5 Å². The number of benzene rings is 6. The molecule has 6 aromatic carbocycles. The lowest BCUT2D eigenvalue weighted by molar-refractivity contribution is -0.384. The maximum Gasteiger partial charge on any atom is 0.338 e. The minimum atomic E-state index is -5.72. The number of phenolic OH excluding ortho intramolecular Hbond substituents is 2. The van der Waals surface area contributed by atoms with Gasteiger partial charge in [0, 0.05) is 22.2 Å². The number of nitrogen functional groups attached to an aromatic ring is 1. The molecule has 0 aromatic heterocycles. The van der Waals surface area contributed by atoms with Crippen molar-refractivity contribution in [2.24, 2.45) is 30.7 Å². The Morgan fingerprint density at radius 2 is 0.944 bits per heavy atom. The van der Waals surface area contributed by atoms with Crippen molar-refractivity contribution in [2.75, 3.05) is 5.73 Å². The van der Waals surface area contributed by atoms with Gasteiger partial charge >= 0.3 is 5.97 Å². The van der Waals surface area contributed by atoms with E-state index < -0.39 is 185 Å². The topological polar surface area (TPSA) is 547 Å². The van der Waals surface area contributed by atoms with Crippen LogP contribution in [0.2, 0.25) is 0 Å². The fourth-order valence-electron chi connectivity index (χ4n) is 6.27. The normalized spacial score (nSPS) is 13.3. The number of aromatic hydroxyl groups is 2. The van der Waals surface area contributed by atoms with Crippen LogP contribution in [0.15, 0.2) is 127 Å². The summed E-state index contributed by atoms with van der Waals surface area (Å²) in [5.74, 6) is -4.76. The first-order valence-corrected chi connectivity index (χ1v) is 26.3. The molecule has 0 aliphatic carbocycles. The zero-order chi connectivity index (χ0) is 53.3. The Hall–Kier alpha value is -7.63. The molecule has 38 heteroatoms. The molecule has 32 nitrogen and oxygen atoms in total. The molecule has 0 amide bonds. The van der Waals surface area contributed by atoms with E-state index in [2.05, 4.69) is 30.7 Å². The number of anilines is 1. The van der Waals surface area contributed by atoms with Crippen LogP contribution in [0.1, 0.15) is 10.4 Å². The van der Waals surface area contributed by atoms with E-state index in [0.29, 0.717) is 48.5 Å². The summed E-state index contributed by atoms with van der Waals surface area (Å²) >= 11 is 0. The van der Waals surface area contributed by atoms with Gasteiger partial charge in [-0.3, -0.25) is 37.4 Å². The van der Waals surface area contributed by atoms with Crippen LogP contribution in [0.25, 0.3) is 21.5 Å². The second-order valence-corrected chi connectivity index (χ2v) is 22.1. The fourth-order valence-corrected chi connectivity index (χ4v) is 10.1. The fraction of sp³-hybridized carbons (Fsp3) is 0. The molecule has 6 aromatic rings. The lowest BCUT2D eigenvalue weighted by Crippen LogP contribution is -2.04. The van der Waals surface area contributed by atoms with E-state index in [9.17, 15) is 108 Å². The number of phenols is 2. The molecule has 374 valence electrons. The van der Waals surface area contributed by atoms with Crippen LogP contribution in [0, 0.1) is 10.1 Å². The zero-order valence-electron chi connectivity index (χ0n) is 33.7. The van der Waals surface area contributed by atoms with Crippen LogP contribution in [0.4, 0.5) is 45.5 Å². The second kappa shape index (κ2) is 18.0. The number of carboxylic acids is 1. The minimum Gasteiger partial charge on any atom is -0.505 e.